The van der Waals surface area contributed by atoms with Gasteiger partial charge in [-0.2, -0.15) is 0 Å². The Labute approximate surface area is 83.5 Å². The maximum absolute atomic E-state index is 10.7. The van der Waals surface area contributed by atoms with E-state index >= 15 is 0 Å². The van der Waals surface area contributed by atoms with Gasteiger partial charge in [0.05, 0.1) is 0 Å². The molecule has 0 unspecified atom stereocenters. The van der Waals surface area contributed by atoms with Crippen LogP contribution in [0.3, 0.4) is 0 Å². The molecule has 0 aliphatic heterocycles. The molecule has 12 heavy (non-hydrogen) atoms. The largest absolute Gasteiger partial charge is 0.423 e. The van der Waals surface area contributed by atoms with Crippen LogP contribution in [-0.4, -0.2) is 0 Å². The number of hydrogen-bond donors (Lipinski definition) is 0. The van der Waals surface area contributed by atoms with Gasteiger partial charge in [-0.3, -0.25) is 0 Å². The van der Waals surface area contributed by atoms with Crippen LogP contribution in [-0.2, 0) is 21.1 Å². The predicted octanol–water partition coefficient (Wildman–Crippen LogP) is 1.79. The quantitative estimate of drug-likeness (QED) is 0.684. The average Bonchev–Trinajstić information content (AvgIpc) is 2.04. The second-order valence-corrected chi connectivity index (χ2v) is 2.29. The summed E-state index contributed by atoms with van der Waals surface area (Å²) in [5.41, 5.74) is 0.337. The molecule has 0 aliphatic carbocycles. The monoisotopic (exact) mass is 341 g/mol. The molecule has 1 heterocycles. The molecule has 0 N–H and O–H groups in total. The molecule has 0 radical (unpaired) electrons. The van der Waals surface area contributed by atoms with E-state index in [0.29, 0.717) is 5.58 Å². The van der Waals surface area contributed by atoms with Crippen LogP contribution in [0.1, 0.15) is 0 Å². The fourth-order valence-corrected chi connectivity index (χ4v) is 1.01. The third-order valence-corrected chi connectivity index (χ3v) is 1.53. The standard InChI is InChI=1S/C9H6O2.Pt/c10-9-6-5-7-3-1-2-4-8(7)11-9;/h1-6H;. The van der Waals surface area contributed by atoms with Gasteiger partial charge in [-0.25, -0.2) is 4.79 Å². The normalized spacial score (nSPS) is 9.33. The van der Waals surface area contributed by atoms with Crippen LogP contribution >= 0.6 is 0 Å². The molecule has 0 fully saturated rings. The van der Waals surface area contributed by atoms with E-state index in [2.05, 4.69) is 0 Å². The second kappa shape index (κ2) is 3.68. The Morgan fingerprint density at radius 2 is 1.75 bits per heavy atom. The van der Waals surface area contributed by atoms with E-state index in [1.165, 1.54) is 6.07 Å². The predicted molar refractivity (Wildman–Crippen MR) is 42.5 cm³/mol. The van der Waals surface area contributed by atoms with Crippen LogP contribution in [0, 0.1) is 0 Å². The number of benzene rings is 1. The molecule has 2 rings (SSSR count). The molecule has 1 aromatic carbocycles. The topological polar surface area (TPSA) is 30.2 Å². The fourth-order valence-electron chi connectivity index (χ4n) is 1.01. The number of para-hydroxylation sites is 1. The molecule has 2 aromatic rings. The first kappa shape index (κ1) is 9.21. The van der Waals surface area contributed by atoms with E-state index in [9.17, 15) is 4.79 Å². The van der Waals surface area contributed by atoms with Gasteiger partial charge in [0.1, 0.15) is 5.58 Å². The van der Waals surface area contributed by atoms with Gasteiger partial charge in [-0.15, -0.1) is 0 Å². The molecule has 0 aliphatic rings. The van der Waals surface area contributed by atoms with Gasteiger partial charge in [0.25, 0.3) is 0 Å². The van der Waals surface area contributed by atoms with Gasteiger partial charge in [0.15, 0.2) is 0 Å². The van der Waals surface area contributed by atoms with Crippen molar-refractivity contribution in [3.05, 3.63) is 46.8 Å². The zero-order chi connectivity index (χ0) is 7.68. The first-order valence-electron chi connectivity index (χ1n) is 3.35. The molecule has 0 saturated carbocycles. The number of hydrogen-bond acceptors (Lipinski definition) is 2. The first-order valence-corrected chi connectivity index (χ1v) is 3.35. The molecule has 0 spiro atoms. The Balaban J connectivity index is 0.000000720. The van der Waals surface area contributed by atoms with Crippen molar-refractivity contribution in [3.63, 3.8) is 0 Å². The van der Waals surface area contributed by atoms with Crippen molar-refractivity contribution in [2.75, 3.05) is 0 Å². The third kappa shape index (κ3) is 1.64. The van der Waals surface area contributed by atoms with Crippen molar-refractivity contribution >= 4 is 11.0 Å². The Morgan fingerprint density at radius 1 is 1.00 bits per heavy atom. The van der Waals surface area contributed by atoms with Gasteiger partial charge < -0.3 is 4.42 Å². The van der Waals surface area contributed by atoms with Crippen molar-refractivity contribution in [1.29, 1.82) is 0 Å². The summed E-state index contributed by atoms with van der Waals surface area (Å²) >= 11 is 0. The van der Waals surface area contributed by atoms with E-state index in [0.717, 1.165) is 5.39 Å². The Hall–Kier alpha value is -0.882. The summed E-state index contributed by atoms with van der Waals surface area (Å²) in [7, 11) is 0. The fraction of sp³-hybridized carbons (Fsp3) is 0. The van der Waals surface area contributed by atoms with Crippen LogP contribution in [0.2, 0.25) is 0 Å². The molecular weight excluding hydrogens is 335 g/mol. The molecule has 1 aromatic heterocycles. The minimum absolute atomic E-state index is 0. The first-order chi connectivity index (χ1) is 5.36. The molecule has 0 atom stereocenters. The summed E-state index contributed by atoms with van der Waals surface area (Å²) in [4.78, 5) is 10.7. The van der Waals surface area contributed by atoms with Gasteiger partial charge >= 0.3 is 5.63 Å². The minimum Gasteiger partial charge on any atom is -0.423 e. The van der Waals surface area contributed by atoms with Crippen molar-refractivity contribution < 1.29 is 25.5 Å². The maximum Gasteiger partial charge on any atom is 0.336 e. The van der Waals surface area contributed by atoms with Gasteiger partial charge in [0.2, 0.25) is 0 Å². The van der Waals surface area contributed by atoms with Crippen LogP contribution in [0.5, 0.6) is 0 Å². The summed E-state index contributed by atoms with van der Waals surface area (Å²) in [5, 5.41) is 0.951. The molecule has 64 valence electrons. The Kier molecular flexibility index (Phi) is 2.82. The summed E-state index contributed by atoms with van der Waals surface area (Å²) in [6.45, 7) is 0. The van der Waals surface area contributed by atoms with E-state index < -0.39 is 0 Å². The van der Waals surface area contributed by atoms with Crippen molar-refractivity contribution in [2.45, 2.75) is 0 Å². The third-order valence-electron chi connectivity index (χ3n) is 1.53. The average molecular weight is 341 g/mol. The zero-order valence-electron chi connectivity index (χ0n) is 6.10. The van der Waals surface area contributed by atoms with Crippen molar-refractivity contribution in [3.8, 4) is 0 Å². The number of fused-ring (bicyclic) bond motifs is 1. The molecule has 2 nitrogen and oxygen atoms in total. The summed E-state index contributed by atoms with van der Waals surface area (Å²) in [6, 6.07) is 10.6. The van der Waals surface area contributed by atoms with Crippen molar-refractivity contribution in [2.24, 2.45) is 0 Å². The smallest absolute Gasteiger partial charge is 0.336 e. The Bertz CT molecular complexity index is 433. The van der Waals surface area contributed by atoms with Crippen LogP contribution in [0.15, 0.2) is 45.6 Å². The SMILES string of the molecule is O=c1ccc2ccccc2o1.[Pt]. The summed E-state index contributed by atoms with van der Waals surface area (Å²) in [6.07, 6.45) is 0. The molecule has 3 heteroatoms. The zero-order valence-corrected chi connectivity index (χ0v) is 8.37. The van der Waals surface area contributed by atoms with E-state index in [-0.39, 0.29) is 26.7 Å². The molecular formula is C9H6O2Pt. The van der Waals surface area contributed by atoms with Crippen molar-refractivity contribution in [1.82, 2.24) is 0 Å². The summed E-state index contributed by atoms with van der Waals surface area (Å²) < 4.78 is 4.91. The molecule has 0 amide bonds. The summed E-state index contributed by atoms with van der Waals surface area (Å²) in [5.74, 6) is 0. The second-order valence-electron chi connectivity index (χ2n) is 2.29. The van der Waals surface area contributed by atoms with E-state index in [1.807, 2.05) is 18.2 Å². The molecule has 0 saturated heterocycles. The maximum atomic E-state index is 10.7. The molecule has 0 bridgehead atoms. The van der Waals surface area contributed by atoms with Crippen LogP contribution < -0.4 is 5.63 Å². The number of rotatable bonds is 0. The minimum atomic E-state index is -0.302. The van der Waals surface area contributed by atoms with E-state index in [4.69, 9.17) is 4.42 Å². The van der Waals surface area contributed by atoms with Crippen LogP contribution in [0.4, 0.5) is 0 Å². The van der Waals surface area contributed by atoms with Gasteiger partial charge in [-0.05, 0) is 12.1 Å². The Morgan fingerprint density at radius 3 is 2.58 bits per heavy atom. The van der Waals surface area contributed by atoms with Gasteiger partial charge in [0, 0.05) is 32.5 Å². The van der Waals surface area contributed by atoms with E-state index in [1.54, 1.807) is 12.1 Å². The van der Waals surface area contributed by atoms with Gasteiger partial charge in [-0.1, -0.05) is 18.2 Å². The van der Waals surface area contributed by atoms with Crippen LogP contribution in [0.25, 0.3) is 11.0 Å².